The Hall–Kier alpha value is -2.60. The van der Waals surface area contributed by atoms with E-state index in [9.17, 15) is 4.79 Å². The molecular weight excluding hydrogens is 356 g/mol. The minimum atomic E-state index is -0.0454. The van der Waals surface area contributed by atoms with Crippen molar-refractivity contribution in [2.45, 2.75) is 37.8 Å². The van der Waals surface area contributed by atoms with Crippen LogP contribution in [0.2, 0.25) is 0 Å². The molecule has 0 unspecified atom stereocenters. The van der Waals surface area contributed by atoms with E-state index < -0.39 is 0 Å². The summed E-state index contributed by atoms with van der Waals surface area (Å²) in [5, 5.41) is 8.26. The number of hydrogen-bond acceptors (Lipinski definition) is 4. The third-order valence-electron chi connectivity index (χ3n) is 4.54. The monoisotopic (exact) mass is 378 g/mol. The second kappa shape index (κ2) is 7.56. The molecule has 1 amide bonds. The zero-order chi connectivity index (χ0) is 18.8. The molecule has 0 spiro atoms. The molecule has 0 atom stereocenters. The summed E-state index contributed by atoms with van der Waals surface area (Å²) in [7, 11) is 0. The van der Waals surface area contributed by atoms with Crippen molar-refractivity contribution in [3.05, 3.63) is 65.5 Å². The topological polar surface area (TPSA) is 59.8 Å². The number of aryl methyl sites for hydroxylation is 2. The molecule has 138 valence electrons. The first kappa shape index (κ1) is 17.8. The van der Waals surface area contributed by atoms with Gasteiger partial charge < -0.3 is 5.32 Å². The van der Waals surface area contributed by atoms with Crippen LogP contribution >= 0.6 is 11.8 Å². The van der Waals surface area contributed by atoms with Gasteiger partial charge in [0.25, 0.3) is 0 Å². The van der Waals surface area contributed by atoms with Crippen LogP contribution in [0.5, 0.6) is 0 Å². The number of hydrogen-bond donors (Lipinski definition) is 1. The molecule has 0 saturated heterocycles. The van der Waals surface area contributed by atoms with Gasteiger partial charge in [0.1, 0.15) is 5.82 Å². The van der Waals surface area contributed by atoms with Crippen LogP contribution in [0, 0.1) is 13.8 Å². The smallest absolute Gasteiger partial charge is 0.234 e. The maximum absolute atomic E-state index is 12.3. The van der Waals surface area contributed by atoms with Crippen molar-refractivity contribution < 1.29 is 4.79 Å². The Labute approximate surface area is 163 Å². The van der Waals surface area contributed by atoms with E-state index >= 15 is 0 Å². The Morgan fingerprint density at radius 3 is 2.67 bits per heavy atom. The summed E-state index contributed by atoms with van der Waals surface area (Å²) in [5.74, 6) is 1.72. The van der Waals surface area contributed by atoms with E-state index in [1.54, 1.807) is 0 Å². The predicted octanol–water partition coefficient (Wildman–Crippen LogP) is 4.49. The maximum Gasteiger partial charge on any atom is 0.234 e. The summed E-state index contributed by atoms with van der Waals surface area (Å²) < 4.78 is 1.92. The number of nitrogens with one attached hydrogen (secondary N) is 1. The van der Waals surface area contributed by atoms with Crippen LogP contribution in [0.25, 0.3) is 5.69 Å². The van der Waals surface area contributed by atoms with E-state index in [4.69, 9.17) is 4.98 Å². The lowest BCUT2D eigenvalue weighted by Gasteiger charge is -2.08. The van der Waals surface area contributed by atoms with Crippen LogP contribution in [0.15, 0.2) is 53.7 Å². The van der Waals surface area contributed by atoms with Gasteiger partial charge in [-0.2, -0.15) is 0 Å². The number of anilines is 1. The van der Waals surface area contributed by atoms with Crippen molar-refractivity contribution in [3.63, 3.8) is 0 Å². The maximum atomic E-state index is 12.3. The van der Waals surface area contributed by atoms with Gasteiger partial charge in [-0.15, -0.1) is 5.10 Å². The summed E-state index contributed by atoms with van der Waals surface area (Å²) in [6.07, 6.45) is 2.31. The number of amides is 1. The molecule has 6 heteroatoms. The van der Waals surface area contributed by atoms with E-state index in [1.807, 2.05) is 61.0 Å². The molecule has 2 aromatic carbocycles. The highest BCUT2D eigenvalue weighted by atomic mass is 32.2. The number of carbonyl (C=O) groups is 1. The number of aromatic nitrogens is 3. The number of carbonyl (C=O) groups excluding carboxylic acids is 1. The van der Waals surface area contributed by atoms with Crippen molar-refractivity contribution in [1.29, 1.82) is 0 Å². The third kappa shape index (κ3) is 4.22. The van der Waals surface area contributed by atoms with Crippen LogP contribution < -0.4 is 5.32 Å². The van der Waals surface area contributed by atoms with Gasteiger partial charge in [-0.1, -0.05) is 47.7 Å². The van der Waals surface area contributed by atoms with Crippen LogP contribution in [0.4, 0.5) is 5.69 Å². The largest absolute Gasteiger partial charge is 0.325 e. The Kier molecular flexibility index (Phi) is 4.99. The van der Waals surface area contributed by atoms with Gasteiger partial charge in [0.05, 0.1) is 11.4 Å². The molecule has 1 saturated carbocycles. The van der Waals surface area contributed by atoms with Crippen molar-refractivity contribution >= 4 is 23.4 Å². The number of nitrogens with zero attached hydrogens (tertiary/aromatic N) is 3. The summed E-state index contributed by atoms with van der Waals surface area (Å²) >= 11 is 1.38. The summed E-state index contributed by atoms with van der Waals surface area (Å²) in [4.78, 5) is 17.0. The molecule has 3 aromatic rings. The Bertz CT molecular complexity index is 964. The average Bonchev–Trinajstić information content (AvgIpc) is 3.42. The molecule has 0 aliphatic heterocycles. The quantitative estimate of drug-likeness (QED) is 0.642. The third-order valence-corrected chi connectivity index (χ3v) is 5.38. The lowest BCUT2D eigenvalue weighted by molar-refractivity contribution is -0.113. The molecule has 1 aliphatic carbocycles. The first-order valence-electron chi connectivity index (χ1n) is 9.12. The molecule has 0 bridgehead atoms. The van der Waals surface area contributed by atoms with E-state index in [2.05, 4.69) is 16.5 Å². The fraction of sp³-hybridized carbons (Fsp3) is 0.286. The van der Waals surface area contributed by atoms with Gasteiger partial charge in [0, 0.05) is 11.6 Å². The van der Waals surface area contributed by atoms with E-state index in [0.29, 0.717) is 11.1 Å². The lowest BCUT2D eigenvalue weighted by Crippen LogP contribution is -2.15. The van der Waals surface area contributed by atoms with Gasteiger partial charge in [-0.25, -0.2) is 9.67 Å². The molecule has 1 aromatic heterocycles. The summed E-state index contributed by atoms with van der Waals surface area (Å²) in [5.41, 5.74) is 4.12. The molecule has 1 aliphatic rings. The highest BCUT2D eigenvalue weighted by Gasteiger charge is 2.30. The number of benzene rings is 2. The van der Waals surface area contributed by atoms with Gasteiger partial charge >= 0.3 is 0 Å². The molecule has 0 radical (unpaired) electrons. The number of rotatable bonds is 6. The van der Waals surface area contributed by atoms with Crippen molar-refractivity contribution in [2.24, 2.45) is 0 Å². The number of thioether (sulfide) groups is 1. The van der Waals surface area contributed by atoms with Crippen LogP contribution in [-0.2, 0) is 4.79 Å². The van der Waals surface area contributed by atoms with E-state index in [-0.39, 0.29) is 11.7 Å². The summed E-state index contributed by atoms with van der Waals surface area (Å²) in [6, 6.07) is 16.1. The fourth-order valence-corrected chi connectivity index (χ4v) is 3.63. The molecule has 1 heterocycles. The predicted molar refractivity (Wildman–Crippen MR) is 109 cm³/mol. The van der Waals surface area contributed by atoms with Gasteiger partial charge in [-0.05, 0) is 50.5 Å². The molecular formula is C21H22N4OS. The van der Waals surface area contributed by atoms with Crippen molar-refractivity contribution in [3.8, 4) is 5.69 Å². The first-order chi connectivity index (χ1) is 13.1. The molecule has 4 rings (SSSR count). The summed E-state index contributed by atoms with van der Waals surface area (Å²) in [6.45, 7) is 4.04. The van der Waals surface area contributed by atoms with Crippen molar-refractivity contribution in [1.82, 2.24) is 14.8 Å². The molecule has 27 heavy (non-hydrogen) atoms. The second-order valence-electron chi connectivity index (χ2n) is 6.93. The molecule has 1 N–H and O–H groups in total. The Morgan fingerprint density at radius 1 is 1.19 bits per heavy atom. The average molecular weight is 379 g/mol. The number of para-hydroxylation sites is 1. The Morgan fingerprint density at radius 2 is 1.96 bits per heavy atom. The zero-order valence-electron chi connectivity index (χ0n) is 15.5. The lowest BCUT2D eigenvalue weighted by atomic mass is 10.1. The van der Waals surface area contributed by atoms with Gasteiger partial charge in [-0.3, -0.25) is 4.79 Å². The van der Waals surface area contributed by atoms with Gasteiger partial charge in [0.2, 0.25) is 11.1 Å². The van der Waals surface area contributed by atoms with Crippen molar-refractivity contribution in [2.75, 3.05) is 11.1 Å². The van der Waals surface area contributed by atoms with Crippen LogP contribution in [0.3, 0.4) is 0 Å². The van der Waals surface area contributed by atoms with Gasteiger partial charge in [0.15, 0.2) is 0 Å². The van der Waals surface area contributed by atoms with Crippen LogP contribution in [0.1, 0.15) is 35.7 Å². The SMILES string of the molecule is Cc1ccc(NC(=O)CSc2nc(C3CC3)n(-c3ccccc3)n2)c(C)c1. The molecule has 5 nitrogen and oxygen atoms in total. The van der Waals surface area contributed by atoms with E-state index in [1.165, 1.54) is 17.3 Å². The Balaban J connectivity index is 1.44. The second-order valence-corrected chi connectivity index (χ2v) is 7.87. The fourth-order valence-electron chi connectivity index (χ4n) is 3.00. The minimum absolute atomic E-state index is 0.0454. The van der Waals surface area contributed by atoms with E-state index in [0.717, 1.165) is 35.6 Å². The standard InChI is InChI=1S/C21H22N4OS/c1-14-8-11-18(15(2)12-14)22-19(26)13-27-21-23-20(16-9-10-16)25(24-21)17-6-4-3-5-7-17/h3-8,11-12,16H,9-10,13H2,1-2H3,(H,22,26). The normalized spacial score (nSPS) is 13.6. The first-order valence-corrected chi connectivity index (χ1v) is 10.1. The zero-order valence-corrected chi connectivity index (χ0v) is 16.3. The molecule has 1 fully saturated rings. The minimum Gasteiger partial charge on any atom is -0.325 e. The highest BCUT2D eigenvalue weighted by molar-refractivity contribution is 7.99. The van der Waals surface area contributed by atoms with Crippen LogP contribution in [-0.4, -0.2) is 26.4 Å². The highest BCUT2D eigenvalue weighted by Crippen LogP contribution is 2.40.